The van der Waals surface area contributed by atoms with Crippen LogP contribution in [0, 0.1) is 0 Å². The Hall–Kier alpha value is -3.75. The van der Waals surface area contributed by atoms with Crippen LogP contribution < -0.4 is 4.90 Å². The predicted octanol–water partition coefficient (Wildman–Crippen LogP) is 8.78. The summed E-state index contributed by atoms with van der Waals surface area (Å²) in [6.45, 7) is 0. The molecule has 0 aliphatic carbocycles. The third-order valence-corrected chi connectivity index (χ3v) is 5.87. The highest BCUT2D eigenvalue weighted by atomic mass is 32.1. The fourth-order valence-electron chi connectivity index (χ4n) is 3.92. The lowest BCUT2D eigenvalue weighted by Gasteiger charge is -2.26. The van der Waals surface area contributed by atoms with E-state index in [-0.39, 0.29) is 0 Å². The van der Waals surface area contributed by atoms with E-state index in [4.69, 9.17) is 0 Å². The minimum Gasteiger partial charge on any atom is -0.311 e. The Morgan fingerprint density at radius 1 is 0.344 bits per heavy atom. The lowest BCUT2D eigenvalue weighted by molar-refractivity contribution is 1.27. The Bertz CT molecular complexity index is 1190. The van der Waals surface area contributed by atoms with Crippen molar-refractivity contribution in [2.75, 3.05) is 4.90 Å². The number of benzene rings is 5. The highest BCUT2D eigenvalue weighted by Gasteiger charge is 2.13. The van der Waals surface area contributed by atoms with Crippen molar-refractivity contribution in [2.45, 2.75) is 4.90 Å². The van der Waals surface area contributed by atoms with Crippen molar-refractivity contribution in [2.24, 2.45) is 0 Å². The van der Waals surface area contributed by atoms with Gasteiger partial charge in [0.1, 0.15) is 0 Å². The second-order valence-electron chi connectivity index (χ2n) is 7.68. The first-order valence-electron chi connectivity index (χ1n) is 10.7. The van der Waals surface area contributed by atoms with Gasteiger partial charge in [0.05, 0.1) is 0 Å². The molecule has 0 aromatic heterocycles. The fraction of sp³-hybridized carbons (Fsp3) is 0. The summed E-state index contributed by atoms with van der Waals surface area (Å²) in [4.78, 5) is 3.23. The Morgan fingerprint density at radius 2 is 0.656 bits per heavy atom. The number of rotatable bonds is 5. The number of hydrogen-bond acceptors (Lipinski definition) is 2. The van der Waals surface area contributed by atoms with Crippen LogP contribution in [0.15, 0.2) is 138 Å². The van der Waals surface area contributed by atoms with Gasteiger partial charge in [-0.2, -0.15) is 0 Å². The average molecular weight is 430 g/mol. The fourth-order valence-corrected chi connectivity index (χ4v) is 4.07. The van der Waals surface area contributed by atoms with Crippen LogP contribution in [0.3, 0.4) is 0 Å². The zero-order chi connectivity index (χ0) is 21.8. The van der Waals surface area contributed by atoms with Gasteiger partial charge in [0.2, 0.25) is 0 Å². The Morgan fingerprint density at radius 3 is 1.03 bits per heavy atom. The second-order valence-corrected chi connectivity index (χ2v) is 8.19. The van der Waals surface area contributed by atoms with Crippen molar-refractivity contribution >= 4 is 29.7 Å². The Labute approximate surface area is 195 Å². The topological polar surface area (TPSA) is 3.24 Å². The van der Waals surface area contributed by atoms with Crippen LogP contribution in [0.2, 0.25) is 0 Å². The van der Waals surface area contributed by atoms with Crippen LogP contribution >= 0.6 is 12.6 Å². The molecule has 0 N–H and O–H groups in total. The van der Waals surface area contributed by atoms with Crippen molar-refractivity contribution in [1.29, 1.82) is 0 Å². The molecular weight excluding hydrogens is 406 g/mol. The van der Waals surface area contributed by atoms with Gasteiger partial charge >= 0.3 is 0 Å². The van der Waals surface area contributed by atoms with E-state index < -0.39 is 0 Å². The molecule has 0 heterocycles. The van der Waals surface area contributed by atoms with Crippen molar-refractivity contribution in [1.82, 2.24) is 0 Å². The molecule has 0 fully saturated rings. The first kappa shape index (κ1) is 20.2. The van der Waals surface area contributed by atoms with Crippen molar-refractivity contribution in [3.63, 3.8) is 0 Å². The van der Waals surface area contributed by atoms with Crippen molar-refractivity contribution in [3.8, 4) is 22.3 Å². The SMILES string of the molecule is Sc1ccc(N(c2ccc(-c3ccccc3)cc2)c2ccc(-c3ccccc3)cc2)cc1. The molecule has 0 spiro atoms. The van der Waals surface area contributed by atoms with E-state index in [0.717, 1.165) is 22.0 Å². The van der Waals surface area contributed by atoms with E-state index in [0.29, 0.717) is 0 Å². The predicted molar refractivity (Wildman–Crippen MR) is 139 cm³/mol. The zero-order valence-electron chi connectivity index (χ0n) is 17.6. The van der Waals surface area contributed by atoms with E-state index in [1.165, 1.54) is 22.3 Å². The zero-order valence-corrected chi connectivity index (χ0v) is 18.5. The normalized spacial score (nSPS) is 10.7. The maximum Gasteiger partial charge on any atom is 0.0462 e. The maximum absolute atomic E-state index is 4.46. The lowest BCUT2D eigenvalue weighted by atomic mass is 10.0. The lowest BCUT2D eigenvalue weighted by Crippen LogP contribution is -2.09. The summed E-state index contributed by atoms with van der Waals surface area (Å²) in [5.74, 6) is 0. The molecule has 0 atom stereocenters. The van der Waals surface area contributed by atoms with Gasteiger partial charge in [0.15, 0.2) is 0 Å². The molecule has 5 aromatic carbocycles. The third-order valence-electron chi connectivity index (χ3n) is 5.57. The van der Waals surface area contributed by atoms with Crippen molar-refractivity contribution in [3.05, 3.63) is 133 Å². The van der Waals surface area contributed by atoms with Gasteiger partial charge in [0.25, 0.3) is 0 Å². The molecule has 0 aliphatic rings. The molecule has 0 bridgehead atoms. The van der Waals surface area contributed by atoms with Crippen molar-refractivity contribution < 1.29 is 0 Å². The molecule has 0 unspecified atom stereocenters. The van der Waals surface area contributed by atoms with Crippen LogP contribution in [0.25, 0.3) is 22.3 Å². The summed E-state index contributed by atoms with van der Waals surface area (Å²) in [5.41, 5.74) is 8.18. The second kappa shape index (κ2) is 9.17. The molecule has 0 amide bonds. The van der Waals surface area contributed by atoms with E-state index in [1.54, 1.807) is 0 Å². The molecule has 5 rings (SSSR count). The van der Waals surface area contributed by atoms with E-state index in [9.17, 15) is 0 Å². The molecule has 0 saturated heterocycles. The maximum atomic E-state index is 4.46. The van der Waals surface area contributed by atoms with Gasteiger partial charge in [0, 0.05) is 22.0 Å². The van der Waals surface area contributed by atoms with E-state index in [1.807, 2.05) is 24.3 Å². The molecule has 32 heavy (non-hydrogen) atoms. The van der Waals surface area contributed by atoms with Crippen LogP contribution in [-0.4, -0.2) is 0 Å². The average Bonchev–Trinajstić information content (AvgIpc) is 2.87. The molecule has 0 radical (unpaired) electrons. The quantitative estimate of drug-likeness (QED) is 0.273. The molecule has 154 valence electrons. The summed E-state index contributed by atoms with van der Waals surface area (Å²) in [6, 6.07) is 46.7. The molecule has 0 aliphatic heterocycles. The van der Waals surface area contributed by atoms with Gasteiger partial charge in [-0.15, -0.1) is 12.6 Å². The first-order chi connectivity index (χ1) is 15.8. The minimum atomic E-state index is 0.951. The van der Waals surface area contributed by atoms with Crippen LogP contribution in [0.4, 0.5) is 17.1 Å². The molecule has 2 heteroatoms. The Kier molecular flexibility index (Phi) is 5.78. The molecule has 5 aromatic rings. The molecule has 0 saturated carbocycles. The summed E-state index contributed by atoms with van der Waals surface area (Å²) in [6.07, 6.45) is 0. The summed E-state index contributed by atoms with van der Waals surface area (Å²) in [7, 11) is 0. The van der Waals surface area contributed by atoms with Gasteiger partial charge in [-0.05, 0) is 70.8 Å². The minimum absolute atomic E-state index is 0.951. The number of hydrogen-bond donors (Lipinski definition) is 1. The van der Waals surface area contributed by atoms with Crippen LogP contribution in [0.1, 0.15) is 0 Å². The summed E-state index contributed by atoms with van der Waals surface area (Å²) >= 11 is 4.46. The number of anilines is 3. The molecular formula is C30H23NS. The molecule has 1 nitrogen and oxygen atoms in total. The number of nitrogens with zero attached hydrogens (tertiary/aromatic N) is 1. The smallest absolute Gasteiger partial charge is 0.0462 e. The summed E-state index contributed by atoms with van der Waals surface area (Å²) < 4.78 is 0. The van der Waals surface area contributed by atoms with Gasteiger partial charge in [-0.1, -0.05) is 84.9 Å². The Balaban J connectivity index is 1.53. The highest BCUT2D eigenvalue weighted by molar-refractivity contribution is 7.80. The van der Waals surface area contributed by atoms with Crippen LogP contribution in [0.5, 0.6) is 0 Å². The summed E-state index contributed by atoms with van der Waals surface area (Å²) in [5, 5.41) is 0. The van der Waals surface area contributed by atoms with Gasteiger partial charge < -0.3 is 4.90 Å². The first-order valence-corrected chi connectivity index (χ1v) is 11.1. The van der Waals surface area contributed by atoms with E-state index >= 15 is 0 Å². The number of thiol groups is 1. The van der Waals surface area contributed by atoms with E-state index in [2.05, 4.69) is 127 Å². The largest absolute Gasteiger partial charge is 0.311 e. The monoisotopic (exact) mass is 429 g/mol. The van der Waals surface area contributed by atoms with Crippen LogP contribution in [-0.2, 0) is 0 Å². The van der Waals surface area contributed by atoms with Gasteiger partial charge in [-0.25, -0.2) is 0 Å². The third kappa shape index (κ3) is 4.32. The standard InChI is InChI=1S/C30H23NS/c32-30-21-19-29(20-22-30)31(27-15-11-25(12-16-27)23-7-3-1-4-8-23)28-17-13-26(14-18-28)24-9-5-2-6-10-24/h1-22,32H. The highest BCUT2D eigenvalue weighted by Crippen LogP contribution is 2.36. The van der Waals surface area contributed by atoms with Gasteiger partial charge in [-0.3, -0.25) is 0 Å².